The van der Waals surface area contributed by atoms with Crippen LogP contribution in [0.3, 0.4) is 0 Å². The number of aromatic nitrogens is 3. The van der Waals surface area contributed by atoms with E-state index in [1.165, 1.54) is 6.07 Å². The van der Waals surface area contributed by atoms with Crippen molar-refractivity contribution in [2.24, 2.45) is 18.9 Å². The summed E-state index contributed by atoms with van der Waals surface area (Å²) in [7, 11) is 1.87. The van der Waals surface area contributed by atoms with Crippen LogP contribution < -0.4 is 4.74 Å². The SMILES string of the molecule is Cc1cc(-c2ccc(F)c(COc3ccc4c(c3)C[C@H]3C(C(=O)O)C43)c2)c2c(cnn2C)n1. The Morgan fingerprint density at radius 1 is 1.24 bits per heavy atom. The Morgan fingerprint density at radius 2 is 2.09 bits per heavy atom. The maximum Gasteiger partial charge on any atom is 0.307 e. The molecule has 2 heterocycles. The lowest BCUT2D eigenvalue weighted by molar-refractivity contribution is -0.139. The van der Waals surface area contributed by atoms with Gasteiger partial charge < -0.3 is 9.84 Å². The van der Waals surface area contributed by atoms with Gasteiger partial charge in [0, 0.05) is 29.8 Å². The fourth-order valence-electron chi connectivity index (χ4n) is 5.37. The van der Waals surface area contributed by atoms with Crippen molar-refractivity contribution < 1.29 is 19.0 Å². The number of fused-ring (bicyclic) bond motifs is 4. The molecular weight excluding hydrogens is 421 g/mol. The summed E-state index contributed by atoms with van der Waals surface area (Å²) in [5.74, 6) is -0.274. The quantitative estimate of drug-likeness (QED) is 0.487. The minimum absolute atomic E-state index is 0.0989. The monoisotopic (exact) mass is 443 g/mol. The minimum Gasteiger partial charge on any atom is -0.489 e. The third kappa shape index (κ3) is 3.18. The zero-order chi connectivity index (χ0) is 22.9. The van der Waals surface area contributed by atoms with Gasteiger partial charge in [-0.05, 0) is 66.3 Å². The number of halogens is 1. The highest BCUT2D eigenvalue weighted by Crippen LogP contribution is 2.61. The van der Waals surface area contributed by atoms with Crippen LogP contribution in [0.25, 0.3) is 22.2 Å². The minimum atomic E-state index is -0.709. The molecule has 0 spiro atoms. The van der Waals surface area contributed by atoms with Crippen LogP contribution in [-0.2, 0) is 24.9 Å². The Morgan fingerprint density at radius 3 is 2.91 bits per heavy atom. The average molecular weight is 443 g/mol. The summed E-state index contributed by atoms with van der Waals surface area (Å²) in [6.07, 6.45) is 2.50. The number of carbonyl (C=O) groups is 1. The number of hydrogen-bond donors (Lipinski definition) is 1. The van der Waals surface area contributed by atoms with Gasteiger partial charge in [0.05, 0.1) is 17.6 Å². The van der Waals surface area contributed by atoms with E-state index in [9.17, 15) is 14.3 Å². The molecule has 6 nitrogen and oxygen atoms in total. The summed E-state index contributed by atoms with van der Waals surface area (Å²) in [6, 6.07) is 12.8. The second-order valence-corrected chi connectivity index (χ2v) is 9.03. The van der Waals surface area contributed by atoms with Gasteiger partial charge in [0.15, 0.2) is 0 Å². The Hall–Kier alpha value is -3.74. The van der Waals surface area contributed by atoms with Crippen LogP contribution in [0.1, 0.15) is 28.3 Å². The van der Waals surface area contributed by atoms with Gasteiger partial charge in [-0.2, -0.15) is 5.10 Å². The summed E-state index contributed by atoms with van der Waals surface area (Å²) in [5, 5.41) is 13.6. The molecule has 7 heteroatoms. The molecule has 0 aliphatic heterocycles. The molecule has 2 aliphatic rings. The molecule has 166 valence electrons. The maximum atomic E-state index is 14.6. The summed E-state index contributed by atoms with van der Waals surface area (Å²) in [4.78, 5) is 15.8. The van der Waals surface area contributed by atoms with Crippen molar-refractivity contribution in [2.45, 2.75) is 25.9 Å². The molecule has 2 aromatic carbocycles. The molecule has 0 amide bonds. The van der Waals surface area contributed by atoms with Crippen LogP contribution in [0, 0.1) is 24.6 Å². The van der Waals surface area contributed by atoms with Gasteiger partial charge in [-0.15, -0.1) is 0 Å². The number of ether oxygens (including phenoxy) is 1. The van der Waals surface area contributed by atoms with E-state index in [4.69, 9.17) is 4.74 Å². The topological polar surface area (TPSA) is 77.2 Å². The molecule has 4 aromatic rings. The van der Waals surface area contributed by atoms with E-state index in [1.807, 2.05) is 44.3 Å². The van der Waals surface area contributed by atoms with E-state index in [2.05, 4.69) is 10.1 Å². The summed E-state index contributed by atoms with van der Waals surface area (Å²) in [5.41, 5.74) is 7.11. The molecule has 2 aromatic heterocycles. The number of hydrogen-bond acceptors (Lipinski definition) is 4. The van der Waals surface area contributed by atoms with Crippen molar-refractivity contribution in [1.82, 2.24) is 14.8 Å². The molecular formula is C26H22FN3O3. The molecule has 1 fully saturated rings. The van der Waals surface area contributed by atoms with Gasteiger partial charge in [-0.3, -0.25) is 9.48 Å². The fraction of sp³-hybridized carbons (Fsp3) is 0.269. The van der Waals surface area contributed by atoms with Crippen LogP contribution in [0.15, 0.2) is 48.7 Å². The lowest BCUT2D eigenvalue weighted by Gasteiger charge is -2.13. The van der Waals surface area contributed by atoms with Crippen molar-refractivity contribution in [3.63, 3.8) is 0 Å². The van der Waals surface area contributed by atoms with E-state index < -0.39 is 5.97 Å². The number of pyridine rings is 1. The van der Waals surface area contributed by atoms with Crippen molar-refractivity contribution in [2.75, 3.05) is 0 Å². The third-order valence-electron chi connectivity index (χ3n) is 6.96. The van der Waals surface area contributed by atoms with Crippen LogP contribution in [0.4, 0.5) is 4.39 Å². The molecule has 33 heavy (non-hydrogen) atoms. The number of nitrogens with zero attached hydrogens (tertiary/aromatic N) is 3. The van der Waals surface area contributed by atoms with Gasteiger partial charge in [0.25, 0.3) is 0 Å². The fourth-order valence-corrected chi connectivity index (χ4v) is 5.37. The molecule has 0 radical (unpaired) electrons. The third-order valence-corrected chi connectivity index (χ3v) is 6.96. The van der Waals surface area contributed by atoms with Crippen LogP contribution in [-0.4, -0.2) is 25.8 Å². The predicted molar refractivity (Wildman–Crippen MR) is 120 cm³/mol. The predicted octanol–water partition coefficient (Wildman–Crippen LogP) is 4.63. The zero-order valence-electron chi connectivity index (χ0n) is 18.2. The number of carboxylic acid groups (broad SMARTS) is 1. The number of aryl methyl sites for hydroxylation is 2. The number of aliphatic carboxylic acids is 1. The Balaban J connectivity index is 1.26. The zero-order valence-corrected chi connectivity index (χ0v) is 18.2. The van der Waals surface area contributed by atoms with Crippen molar-refractivity contribution in [1.29, 1.82) is 0 Å². The van der Waals surface area contributed by atoms with E-state index in [0.717, 1.165) is 45.4 Å². The molecule has 1 N–H and O–H groups in total. The number of benzene rings is 2. The summed E-state index contributed by atoms with van der Waals surface area (Å²) in [6.45, 7) is 2.03. The van der Waals surface area contributed by atoms with Gasteiger partial charge in [0.2, 0.25) is 0 Å². The van der Waals surface area contributed by atoms with E-state index >= 15 is 0 Å². The smallest absolute Gasteiger partial charge is 0.307 e. The van der Waals surface area contributed by atoms with Crippen molar-refractivity contribution in [3.8, 4) is 16.9 Å². The Bertz CT molecular complexity index is 1440. The molecule has 1 saturated carbocycles. The first kappa shape index (κ1) is 19.9. The summed E-state index contributed by atoms with van der Waals surface area (Å²) < 4.78 is 22.4. The van der Waals surface area contributed by atoms with Gasteiger partial charge in [-0.1, -0.05) is 12.1 Å². The van der Waals surface area contributed by atoms with Crippen molar-refractivity contribution >= 4 is 17.0 Å². The summed E-state index contributed by atoms with van der Waals surface area (Å²) >= 11 is 0. The molecule has 2 aliphatic carbocycles. The molecule has 2 unspecified atom stereocenters. The molecule has 3 atom stereocenters. The Kier molecular flexibility index (Phi) is 4.30. The van der Waals surface area contributed by atoms with E-state index in [1.54, 1.807) is 16.9 Å². The Labute approximate surface area is 189 Å². The first-order valence-corrected chi connectivity index (χ1v) is 11.0. The largest absolute Gasteiger partial charge is 0.489 e. The highest BCUT2D eigenvalue weighted by Gasteiger charge is 2.59. The van der Waals surface area contributed by atoms with Gasteiger partial charge in [-0.25, -0.2) is 9.37 Å². The maximum absolute atomic E-state index is 14.6. The molecule has 0 bridgehead atoms. The second kappa shape index (κ2) is 7.13. The lowest BCUT2D eigenvalue weighted by atomic mass is 10.0. The number of rotatable bonds is 5. The first-order valence-electron chi connectivity index (χ1n) is 11.0. The van der Waals surface area contributed by atoms with E-state index in [0.29, 0.717) is 11.3 Å². The molecule has 0 saturated heterocycles. The average Bonchev–Trinajstić information content (AvgIpc) is 3.20. The second-order valence-electron chi connectivity index (χ2n) is 9.03. The van der Waals surface area contributed by atoms with Crippen LogP contribution in [0.2, 0.25) is 0 Å². The highest BCUT2D eigenvalue weighted by atomic mass is 19.1. The normalized spacial score (nSPS) is 20.5. The van der Waals surface area contributed by atoms with Crippen molar-refractivity contribution in [3.05, 3.63) is 76.9 Å². The molecule has 6 rings (SSSR count). The van der Waals surface area contributed by atoms with Crippen LogP contribution >= 0.6 is 0 Å². The number of carboxylic acids is 1. The van der Waals surface area contributed by atoms with Gasteiger partial charge in [0.1, 0.15) is 23.7 Å². The first-order chi connectivity index (χ1) is 15.9. The standard InChI is InChI=1S/C26H22FN3O3/c1-13-7-19(25-22(29-13)11-28-30(25)2)14-3-6-21(27)16(8-14)12-33-17-4-5-18-15(9-17)10-20-23(18)24(20)26(31)32/h3-9,11,20,23-24H,10,12H2,1-2H3,(H,31,32)/t20-,23?,24?/m1/s1. The van der Waals surface area contributed by atoms with E-state index in [-0.39, 0.29) is 30.2 Å². The highest BCUT2D eigenvalue weighted by molar-refractivity contribution is 5.92. The lowest BCUT2D eigenvalue weighted by Crippen LogP contribution is -2.05. The van der Waals surface area contributed by atoms with Crippen LogP contribution in [0.5, 0.6) is 5.75 Å². The van der Waals surface area contributed by atoms with Gasteiger partial charge >= 0.3 is 5.97 Å².